The fourth-order valence-corrected chi connectivity index (χ4v) is 3.94. The molecule has 8 heteroatoms. The van der Waals surface area contributed by atoms with Gasteiger partial charge >= 0.3 is 0 Å². The standard InChI is InChI=1S/C14H17ClN4O2S/c1-19-6-4-11(5-7-19)18-22(20,21)14-3-2-10-9-16-13(15)8-12(10)17-14/h2-3,8-9,11,18H,4-7H2,1H3. The van der Waals surface area contributed by atoms with E-state index in [2.05, 4.69) is 19.6 Å². The highest BCUT2D eigenvalue weighted by atomic mass is 35.5. The molecule has 1 fully saturated rings. The number of sulfonamides is 1. The molecule has 0 radical (unpaired) electrons. The van der Waals surface area contributed by atoms with Gasteiger partial charge in [0.05, 0.1) is 5.52 Å². The van der Waals surface area contributed by atoms with Crippen molar-refractivity contribution in [2.45, 2.75) is 23.9 Å². The van der Waals surface area contributed by atoms with Crippen LogP contribution in [-0.4, -0.2) is 49.5 Å². The van der Waals surface area contributed by atoms with E-state index in [1.54, 1.807) is 18.3 Å². The summed E-state index contributed by atoms with van der Waals surface area (Å²) in [6, 6.07) is 4.70. The van der Waals surface area contributed by atoms with Crippen molar-refractivity contribution >= 4 is 32.5 Å². The van der Waals surface area contributed by atoms with Crippen LogP contribution in [0.25, 0.3) is 10.9 Å². The monoisotopic (exact) mass is 340 g/mol. The van der Waals surface area contributed by atoms with E-state index in [1.807, 2.05) is 7.05 Å². The van der Waals surface area contributed by atoms with Gasteiger partial charge in [0, 0.05) is 23.7 Å². The van der Waals surface area contributed by atoms with Gasteiger partial charge in [-0.05, 0) is 45.1 Å². The molecule has 6 nitrogen and oxygen atoms in total. The molecule has 3 heterocycles. The molecule has 0 saturated carbocycles. The average molecular weight is 341 g/mol. The topological polar surface area (TPSA) is 75.2 Å². The number of likely N-dealkylation sites (tertiary alicyclic amines) is 1. The molecule has 0 atom stereocenters. The number of nitrogens with zero attached hydrogens (tertiary/aromatic N) is 3. The third-order valence-electron chi connectivity index (χ3n) is 3.83. The minimum absolute atomic E-state index is 0.0150. The van der Waals surface area contributed by atoms with Crippen LogP contribution in [0.3, 0.4) is 0 Å². The lowest BCUT2D eigenvalue weighted by Crippen LogP contribution is -2.43. The van der Waals surface area contributed by atoms with E-state index in [9.17, 15) is 8.42 Å². The molecule has 1 aliphatic heterocycles. The Morgan fingerprint density at radius 1 is 1.32 bits per heavy atom. The predicted octanol–water partition coefficient (Wildman–Crippen LogP) is 1.66. The summed E-state index contributed by atoms with van der Waals surface area (Å²) in [6.45, 7) is 1.78. The van der Waals surface area contributed by atoms with Crippen LogP contribution in [0.4, 0.5) is 0 Å². The zero-order chi connectivity index (χ0) is 15.7. The number of fused-ring (bicyclic) bond motifs is 1. The predicted molar refractivity (Wildman–Crippen MR) is 85.4 cm³/mol. The highest BCUT2D eigenvalue weighted by Gasteiger charge is 2.24. The average Bonchev–Trinajstić information content (AvgIpc) is 2.48. The molecule has 22 heavy (non-hydrogen) atoms. The second kappa shape index (κ2) is 6.08. The van der Waals surface area contributed by atoms with E-state index in [4.69, 9.17) is 11.6 Å². The van der Waals surface area contributed by atoms with E-state index in [1.165, 1.54) is 6.07 Å². The lowest BCUT2D eigenvalue weighted by atomic mass is 10.1. The van der Waals surface area contributed by atoms with Crippen molar-refractivity contribution in [1.82, 2.24) is 19.6 Å². The summed E-state index contributed by atoms with van der Waals surface area (Å²) in [5.41, 5.74) is 0.520. The summed E-state index contributed by atoms with van der Waals surface area (Å²) in [4.78, 5) is 10.3. The van der Waals surface area contributed by atoms with Crippen molar-refractivity contribution in [3.8, 4) is 0 Å². The maximum atomic E-state index is 12.5. The van der Waals surface area contributed by atoms with Gasteiger partial charge < -0.3 is 4.90 Å². The summed E-state index contributed by atoms with van der Waals surface area (Å²) in [7, 11) is -1.59. The summed E-state index contributed by atoms with van der Waals surface area (Å²) >= 11 is 5.83. The Labute approximate surface area is 134 Å². The molecule has 1 saturated heterocycles. The Balaban J connectivity index is 1.85. The fraction of sp³-hybridized carbons (Fsp3) is 0.429. The lowest BCUT2D eigenvalue weighted by molar-refractivity contribution is 0.248. The number of nitrogens with one attached hydrogen (secondary N) is 1. The SMILES string of the molecule is CN1CCC(NS(=O)(=O)c2ccc3cnc(Cl)cc3n2)CC1. The van der Waals surface area contributed by atoms with Crippen LogP contribution in [0.5, 0.6) is 0 Å². The molecule has 1 N–H and O–H groups in total. The van der Waals surface area contributed by atoms with Gasteiger partial charge in [0.15, 0.2) is 5.03 Å². The molecule has 3 rings (SSSR count). The molecule has 118 valence electrons. The van der Waals surface area contributed by atoms with Crippen LogP contribution in [0, 0.1) is 0 Å². The lowest BCUT2D eigenvalue weighted by Gasteiger charge is -2.29. The summed E-state index contributed by atoms with van der Waals surface area (Å²) in [5.74, 6) is 0. The summed E-state index contributed by atoms with van der Waals surface area (Å²) in [6.07, 6.45) is 3.18. The van der Waals surface area contributed by atoms with Crippen molar-refractivity contribution in [3.05, 3.63) is 29.5 Å². The van der Waals surface area contributed by atoms with Crippen molar-refractivity contribution in [3.63, 3.8) is 0 Å². The van der Waals surface area contributed by atoms with E-state index in [0.29, 0.717) is 5.52 Å². The number of pyridine rings is 2. The molecular weight excluding hydrogens is 324 g/mol. The number of halogens is 1. The Morgan fingerprint density at radius 3 is 2.77 bits per heavy atom. The van der Waals surface area contributed by atoms with Gasteiger partial charge in [-0.15, -0.1) is 0 Å². The molecule has 0 spiro atoms. The first-order chi connectivity index (χ1) is 10.4. The number of aromatic nitrogens is 2. The first kappa shape index (κ1) is 15.6. The van der Waals surface area contributed by atoms with Crippen LogP contribution in [0.1, 0.15) is 12.8 Å². The van der Waals surface area contributed by atoms with Crippen LogP contribution in [-0.2, 0) is 10.0 Å². The minimum Gasteiger partial charge on any atom is -0.306 e. The number of hydrogen-bond acceptors (Lipinski definition) is 5. The van der Waals surface area contributed by atoms with Gasteiger partial charge in [0.2, 0.25) is 0 Å². The largest absolute Gasteiger partial charge is 0.306 e. The van der Waals surface area contributed by atoms with Crippen LogP contribution in [0.15, 0.2) is 29.4 Å². The maximum absolute atomic E-state index is 12.5. The number of hydrogen-bond donors (Lipinski definition) is 1. The Bertz CT molecular complexity index is 789. The minimum atomic E-state index is -3.62. The molecule has 0 amide bonds. The Hall–Kier alpha value is -1.28. The van der Waals surface area contributed by atoms with Gasteiger partial charge in [-0.25, -0.2) is 23.1 Å². The van der Waals surface area contributed by atoms with Crippen LogP contribution < -0.4 is 4.72 Å². The summed E-state index contributed by atoms with van der Waals surface area (Å²) < 4.78 is 27.7. The smallest absolute Gasteiger partial charge is 0.258 e. The van der Waals surface area contributed by atoms with Gasteiger partial charge in [-0.1, -0.05) is 11.6 Å². The molecule has 0 aliphatic carbocycles. The van der Waals surface area contributed by atoms with Crippen LogP contribution in [0.2, 0.25) is 5.15 Å². The molecule has 2 aromatic rings. The second-order valence-corrected chi connectivity index (χ2v) is 7.60. The van der Waals surface area contributed by atoms with Gasteiger partial charge in [-0.3, -0.25) is 0 Å². The maximum Gasteiger partial charge on any atom is 0.258 e. The van der Waals surface area contributed by atoms with E-state index in [0.717, 1.165) is 31.3 Å². The van der Waals surface area contributed by atoms with Crippen molar-refractivity contribution in [2.24, 2.45) is 0 Å². The Morgan fingerprint density at radius 2 is 2.05 bits per heavy atom. The molecule has 2 aromatic heterocycles. The zero-order valence-electron chi connectivity index (χ0n) is 12.2. The first-order valence-corrected chi connectivity index (χ1v) is 8.93. The highest BCUT2D eigenvalue weighted by molar-refractivity contribution is 7.89. The number of piperidine rings is 1. The fourth-order valence-electron chi connectivity index (χ4n) is 2.53. The zero-order valence-corrected chi connectivity index (χ0v) is 13.7. The second-order valence-electron chi connectivity index (χ2n) is 5.55. The molecule has 0 unspecified atom stereocenters. The van der Waals surface area contributed by atoms with Crippen molar-refractivity contribution in [2.75, 3.05) is 20.1 Å². The molecular formula is C14H17ClN4O2S. The normalized spacial score (nSPS) is 17.9. The summed E-state index contributed by atoms with van der Waals surface area (Å²) in [5, 5.41) is 1.06. The first-order valence-electron chi connectivity index (χ1n) is 7.07. The van der Waals surface area contributed by atoms with Gasteiger partial charge in [0.25, 0.3) is 10.0 Å². The van der Waals surface area contributed by atoms with E-state index >= 15 is 0 Å². The molecule has 0 aromatic carbocycles. The molecule has 1 aliphatic rings. The van der Waals surface area contributed by atoms with Crippen molar-refractivity contribution < 1.29 is 8.42 Å². The third-order valence-corrected chi connectivity index (χ3v) is 5.46. The highest BCUT2D eigenvalue weighted by Crippen LogP contribution is 2.18. The van der Waals surface area contributed by atoms with Gasteiger partial charge in [0.1, 0.15) is 5.15 Å². The number of rotatable bonds is 3. The quantitative estimate of drug-likeness (QED) is 0.860. The molecule has 0 bridgehead atoms. The van der Waals surface area contributed by atoms with E-state index < -0.39 is 10.0 Å². The van der Waals surface area contributed by atoms with E-state index in [-0.39, 0.29) is 16.2 Å². The van der Waals surface area contributed by atoms with Crippen molar-refractivity contribution in [1.29, 1.82) is 0 Å². The van der Waals surface area contributed by atoms with Crippen LogP contribution >= 0.6 is 11.6 Å². The third kappa shape index (κ3) is 3.38. The Kier molecular flexibility index (Phi) is 4.31. The van der Waals surface area contributed by atoms with Gasteiger partial charge in [-0.2, -0.15) is 0 Å².